The van der Waals surface area contributed by atoms with Gasteiger partial charge in [-0.15, -0.1) is 0 Å². The van der Waals surface area contributed by atoms with Crippen LogP contribution in [0.5, 0.6) is 0 Å². The van der Waals surface area contributed by atoms with E-state index in [1.54, 1.807) is 12.1 Å². The first kappa shape index (κ1) is 16.6. The lowest BCUT2D eigenvalue weighted by Gasteiger charge is -2.05. The summed E-state index contributed by atoms with van der Waals surface area (Å²) in [7, 11) is 0. The first-order valence-electron chi connectivity index (χ1n) is 6.35. The zero-order chi connectivity index (χ0) is 16.0. The first-order chi connectivity index (χ1) is 9.79. The van der Waals surface area contributed by atoms with Gasteiger partial charge in [0.05, 0.1) is 0 Å². The van der Waals surface area contributed by atoms with Gasteiger partial charge in [-0.05, 0) is 49.2 Å². The minimum atomic E-state index is -0.343. The lowest BCUT2D eigenvalue weighted by molar-refractivity contribution is -0.114. The van der Waals surface area contributed by atoms with Crippen LogP contribution in [0, 0.1) is 25.5 Å². The van der Waals surface area contributed by atoms with Crippen LogP contribution in [0.4, 0.5) is 20.2 Å². The Morgan fingerprint density at radius 1 is 1.00 bits per heavy atom. The predicted octanol–water partition coefficient (Wildman–Crippen LogP) is 3.81. The third-order valence-corrected chi connectivity index (χ3v) is 2.75. The summed E-state index contributed by atoms with van der Waals surface area (Å²) < 4.78 is 24.9. The van der Waals surface area contributed by atoms with Crippen LogP contribution in [0.1, 0.15) is 18.1 Å². The normalized spacial score (nSPS) is 9.57. The highest BCUT2D eigenvalue weighted by molar-refractivity contribution is 5.89. The molecule has 0 unspecified atom stereocenters. The molecule has 0 saturated heterocycles. The number of anilines is 2. The summed E-state index contributed by atoms with van der Waals surface area (Å²) in [5.74, 6) is -0.814. The maximum atomic E-state index is 12.6. The fourth-order valence-electron chi connectivity index (χ4n) is 1.53. The van der Waals surface area contributed by atoms with E-state index in [1.807, 2.05) is 13.8 Å². The Labute approximate surface area is 122 Å². The van der Waals surface area contributed by atoms with Gasteiger partial charge in [-0.1, -0.05) is 12.1 Å². The minimum Gasteiger partial charge on any atom is -0.398 e. The zero-order valence-corrected chi connectivity index (χ0v) is 12.2. The minimum absolute atomic E-state index is 0.191. The van der Waals surface area contributed by atoms with Gasteiger partial charge < -0.3 is 11.1 Å². The number of hydrogen-bond acceptors (Lipinski definition) is 2. The molecule has 0 fully saturated rings. The number of nitrogens with two attached hydrogens (primary N) is 1. The first-order valence-corrected chi connectivity index (χ1v) is 6.35. The van der Waals surface area contributed by atoms with Crippen molar-refractivity contribution in [3.63, 3.8) is 0 Å². The van der Waals surface area contributed by atoms with Crippen LogP contribution in [0.2, 0.25) is 0 Å². The van der Waals surface area contributed by atoms with E-state index in [0.717, 1.165) is 11.1 Å². The van der Waals surface area contributed by atoms with Gasteiger partial charge >= 0.3 is 0 Å². The Hall–Kier alpha value is -2.43. The molecule has 112 valence electrons. The summed E-state index contributed by atoms with van der Waals surface area (Å²) in [6.07, 6.45) is 0. The highest BCUT2D eigenvalue weighted by Gasteiger charge is 2.00. The largest absolute Gasteiger partial charge is 0.398 e. The van der Waals surface area contributed by atoms with Crippen LogP contribution in [-0.4, -0.2) is 5.91 Å². The number of nitrogens with one attached hydrogen (secondary N) is 1. The monoisotopic (exact) mass is 292 g/mol. The molecule has 0 aliphatic heterocycles. The molecular weight excluding hydrogens is 274 g/mol. The number of benzene rings is 2. The number of rotatable bonds is 1. The molecule has 0 aliphatic carbocycles. The van der Waals surface area contributed by atoms with E-state index in [4.69, 9.17) is 5.73 Å². The maximum Gasteiger partial charge on any atom is 0.221 e. The highest BCUT2D eigenvalue weighted by Crippen LogP contribution is 2.15. The van der Waals surface area contributed by atoms with Crippen LogP contribution in [-0.2, 0) is 4.79 Å². The summed E-state index contributed by atoms with van der Waals surface area (Å²) >= 11 is 0. The molecule has 0 aliphatic rings. The van der Waals surface area contributed by atoms with Gasteiger partial charge in [0.1, 0.15) is 11.6 Å². The van der Waals surface area contributed by atoms with Crippen molar-refractivity contribution in [3.8, 4) is 0 Å². The molecule has 2 aromatic carbocycles. The van der Waals surface area contributed by atoms with Crippen LogP contribution < -0.4 is 11.1 Å². The van der Waals surface area contributed by atoms with E-state index in [2.05, 4.69) is 5.32 Å². The van der Waals surface area contributed by atoms with Gasteiger partial charge in [0.2, 0.25) is 5.91 Å². The molecule has 3 N–H and O–H groups in total. The Morgan fingerprint density at radius 2 is 1.52 bits per heavy atom. The molecule has 0 atom stereocenters. The Bertz CT molecular complexity index is 642. The van der Waals surface area contributed by atoms with Crippen LogP contribution in [0.25, 0.3) is 0 Å². The molecular formula is C16H18F2N2O. The van der Waals surface area contributed by atoms with Crippen molar-refractivity contribution in [2.75, 3.05) is 11.1 Å². The summed E-state index contributed by atoms with van der Waals surface area (Å²) in [6, 6.07) is 8.66. The van der Waals surface area contributed by atoms with E-state index < -0.39 is 0 Å². The Kier molecular flexibility index (Phi) is 5.84. The molecule has 5 heteroatoms. The fraction of sp³-hybridized carbons (Fsp3) is 0.188. The molecule has 0 radical (unpaired) electrons. The van der Waals surface area contributed by atoms with Crippen molar-refractivity contribution in [2.24, 2.45) is 0 Å². The van der Waals surface area contributed by atoms with E-state index in [-0.39, 0.29) is 17.5 Å². The van der Waals surface area contributed by atoms with Gasteiger partial charge in [0.25, 0.3) is 0 Å². The molecule has 3 nitrogen and oxygen atoms in total. The average molecular weight is 292 g/mol. The van der Waals surface area contributed by atoms with Gasteiger partial charge in [0, 0.05) is 18.3 Å². The molecule has 0 spiro atoms. The SMILES string of the molecule is CC(=O)Nc1cc(F)ccc1C.Cc1ccc(F)cc1N. The van der Waals surface area contributed by atoms with Crippen LogP contribution >= 0.6 is 0 Å². The summed E-state index contributed by atoms with van der Waals surface area (Å²) in [5, 5.41) is 2.53. The molecule has 0 heterocycles. The summed E-state index contributed by atoms with van der Waals surface area (Å²) in [6.45, 7) is 5.05. The number of halogens is 2. The quantitative estimate of drug-likeness (QED) is 0.785. The van der Waals surface area contributed by atoms with Gasteiger partial charge in [-0.3, -0.25) is 4.79 Å². The standard InChI is InChI=1S/C9H10FNO.C7H8FN/c1-6-3-4-8(10)5-9(6)11-7(2)12;1-5-2-3-6(8)4-7(5)9/h3-5H,1-2H3,(H,11,12);2-4H,9H2,1H3. The maximum absolute atomic E-state index is 12.6. The topological polar surface area (TPSA) is 55.1 Å². The second kappa shape index (κ2) is 7.38. The Balaban J connectivity index is 0.000000219. The second-order valence-corrected chi connectivity index (χ2v) is 4.64. The zero-order valence-electron chi connectivity index (χ0n) is 12.2. The molecule has 21 heavy (non-hydrogen) atoms. The fourth-order valence-corrected chi connectivity index (χ4v) is 1.53. The van der Waals surface area contributed by atoms with Crippen molar-refractivity contribution >= 4 is 17.3 Å². The lowest BCUT2D eigenvalue weighted by Crippen LogP contribution is -2.07. The highest BCUT2D eigenvalue weighted by atomic mass is 19.1. The number of hydrogen-bond donors (Lipinski definition) is 2. The van der Waals surface area contributed by atoms with E-state index in [0.29, 0.717) is 11.4 Å². The van der Waals surface area contributed by atoms with Crippen molar-refractivity contribution in [3.05, 3.63) is 59.2 Å². The number of amides is 1. The van der Waals surface area contributed by atoms with Crippen molar-refractivity contribution < 1.29 is 13.6 Å². The van der Waals surface area contributed by atoms with Gasteiger partial charge in [-0.2, -0.15) is 0 Å². The third kappa shape index (κ3) is 5.60. The molecule has 2 aromatic rings. The van der Waals surface area contributed by atoms with Gasteiger partial charge in [-0.25, -0.2) is 8.78 Å². The second-order valence-electron chi connectivity index (χ2n) is 4.64. The van der Waals surface area contributed by atoms with Crippen LogP contribution in [0.3, 0.4) is 0 Å². The average Bonchev–Trinajstić information content (AvgIpc) is 2.39. The number of carbonyl (C=O) groups is 1. The number of nitrogen functional groups attached to an aromatic ring is 1. The molecule has 2 rings (SSSR count). The molecule has 0 saturated carbocycles. The molecule has 1 amide bonds. The van der Waals surface area contributed by atoms with Crippen LogP contribution in [0.15, 0.2) is 36.4 Å². The van der Waals surface area contributed by atoms with Gasteiger partial charge in [0.15, 0.2) is 0 Å². The van der Waals surface area contributed by atoms with Crippen molar-refractivity contribution in [1.29, 1.82) is 0 Å². The number of aryl methyl sites for hydroxylation is 2. The Morgan fingerprint density at radius 3 is 2.00 bits per heavy atom. The smallest absolute Gasteiger partial charge is 0.221 e. The van der Waals surface area contributed by atoms with Crippen molar-refractivity contribution in [2.45, 2.75) is 20.8 Å². The lowest BCUT2D eigenvalue weighted by atomic mass is 10.2. The van der Waals surface area contributed by atoms with Crippen molar-refractivity contribution in [1.82, 2.24) is 0 Å². The molecule has 0 bridgehead atoms. The third-order valence-electron chi connectivity index (χ3n) is 2.75. The van der Waals surface area contributed by atoms with E-state index in [1.165, 1.54) is 31.2 Å². The predicted molar refractivity (Wildman–Crippen MR) is 81.0 cm³/mol. The number of carbonyl (C=O) groups excluding carboxylic acids is 1. The molecule has 0 aromatic heterocycles. The summed E-state index contributed by atoms with van der Waals surface area (Å²) in [4.78, 5) is 10.6. The van der Waals surface area contributed by atoms with E-state index >= 15 is 0 Å². The van der Waals surface area contributed by atoms with E-state index in [9.17, 15) is 13.6 Å². The summed E-state index contributed by atoms with van der Waals surface area (Å²) in [5.41, 5.74) is 8.19.